The minimum atomic E-state index is -4.22. The largest absolute Gasteiger partial charge is 0.582 e. The number of anilines is 5. The minimum Gasteiger partial charge on any atom is -0.383 e. The Morgan fingerprint density at radius 1 is 0.500 bits per heavy atom. The molecule has 20 atom stereocenters. The van der Waals surface area contributed by atoms with Crippen molar-refractivity contribution >= 4 is 167 Å². The van der Waals surface area contributed by atoms with Crippen LogP contribution in [-0.4, -0.2) is 201 Å². The molecular weight excluding hydrogens is 1570 g/mol. The number of aromatic amines is 1. The van der Waals surface area contributed by atoms with Gasteiger partial charge in [0.05, 0.1) is 76.2 Å². The van der Waals surface area contributed by atoms with E-state index in [1.54, 1.807) is 13.7 Å². The van der Waals surface area contributed by atoms with E-state index >= 15 is 0 Å². The highest BCUT2D eigenvalue weighted by molar-refractivity contribution is 8.39. The number of rotatable bonds is 28. The summed E-state index contributed by atoms with van der Waals surface area (Å²) in [6.45, 7) is -18.4. The lowest BCUT2D eigenvalue weighted by Crippen LogP contribution is -2.41. The van der Waals surface area contributed by atoms with Gasteiger partial charge in [-0.05, 0) is 57.9 Å². The van der Waals surface area contributed by atoms with Gasteiger partial charge in [0.1, 0.15) is 97.4 Å². The Balaban J connectivity index is 0.661. The lowest BCUT2D eigenvalue weighted by atomic mass is 10.1. The highest BCUT2D eigenvalue weighted by Gasteiger charge is 2.47. The first kappa shape index (κ1) is 75.0. The molecule has 0 aromatic carbocycles. The quantitative estimate of drug-likeness (QED) is 0.0205. The third-order valence-corrected chi connectivity index (χ3v) is 25.4. The number of aromatic nitrogens is 18. The number of imidazole rings is 4. The Kier molecular flexibility index (Phi) is 21.9. The molecule has 0 spiro atoms. The van der Waals surface area contributed by atoms with Crippen LogP contribution in [0.1, 0.15) is 63.2 Å². The van der Waals surface area contributed by atoms with Crippen LogP contribution in [0.5, 0.6) is 0 Å². The second-order valence-corrected chi connectivity index (χ2v) is 38.2. The first-order chi connectivity index (χ1) is 49.5. The molecule has 0 amide bonds. The van der Waals surface area contributed by atoms with E-state index in [0.717, 1.165) is 4.57 Å². The number of fused-ring (bicyclic) bond motifs is 4. The van der Waals surface area contributed by atoms with Crippen molar-refractivity contribution in [2.45, 2.75) is 124 Å². The predicted octanol–water partition coefficient (Wildman–Crippen LogP) is -1.06. The van der Waals surface area contributed by atoms with Crippen molar-refractivity contribution in [2.24, 2.45) is 5.73 Å². The van der Waals surface area contributed by atoms with E-state index < -0.39 is 157 Å². The van der Waals surface area contributed by atoms with Crippen molar-refractivity contribution < 1.29 is 70.4 Å². The number of nitrogens with one attached hydrogen (secondary N) is 5. The van der Waals surface area contributed by atoms with Crippen molar-refractivity contribution in [1.82, 2.24) is 108 Å². The van der Waals surface area contributed by atoms with Gasteiger partial charge in [-0.3, -0.25) is 32.6 Å². The van der Waals surface area contributed by atoms with Gasteiger partial charge in [0.15, 0.2) is 45.6 Å². The van der Waals surface area contributed by atoms with Crippen LogP contribution in [0.2, 0.25) is 0 Å². The van der Waals surface area contributed by atoms with Gasteiger partial charge in [-0.25, -0.2) is 75.0 Å². The van der Waals surface area contributed by atoms with Crippen LogP contribution in [0.3, 0.4) is 0 Å². The normalized spacial score (nSPS) is 29.1. The average Bonchev–Trinajstić information content (AvgIpc) is 1.65. The molecule has 45 nitrogen and oxygen atoms in total. The van der Waals surface area contributed by atoms with Crippen LogP contribution in [0.25, 0.3) is 44.7 Å². The molecule has 5 aliphatic heterocycles. The lowest BCUT2D eigenvalue weighted by Gasteiger charge is -2.29. The summed E-state index contributed by atoms with van der Waals surface area (Å²) >= 11 is 26.8. The van der Waals surface area contributed by atoms with Gasteiger partial charge in [0, 0.05) is 68.5 Å². The zero-order valence-corrected chi connectivity index (χ0v) is 62.0. The number of ether oxygens (including phenoxy) is 5. The van der Waals surface area contributed by atoms with Gasteiger partial charge in [-0.1, -0.05) is 0 Å². The van der Waals surface area contributed by atoms with Crippen LogP contribution >= 0.6 is 46.0 Å². The van der Waals surface area contributed by atoms with Gasteiger partial charge in [0.25, 0.3) is 32.1 Å². The summed E-state index contributed by atoms with van der Waals surface area (Å²) in [7, 11) is -2.41. The summed E-state index contributed by atoms with van der Waals surface area (Å²) in [6.07, 6.45) is 1.90. The third kappa shape index (κ3) is 16.4. The molecule has 0 aliphatic carbocycles. The van der Waals surface area contributed by atoms with E-state index in [2.05, 4.69) is 97.4 Å². The zero-order valence-electron chi connectivity index (χ0n) is 53.4. The molecule has 14 rings (SSSR count). The second kappa shape index (κ2) is 30.3. The Hall–Kier alpha value is -5.83. The van der Waals surface area contributed by atoms with E-state index in [1.807, 2.05) is 0 Å². The second-order valence-electron chi connectivity index (χ2n) is 24.3. The van der Waals surface area contributed by atoms with Crippen molar-refractivity contribution in [2.75, 3.05) is 61.7 Å². The molecule has 9 unspecified atom stereocenters. The summed E-state index contributed by atoms with van der Waals surface area (Å²) in [4.78, 5) is 127. The van der Waals surface area contributed by atoms with Crippen LogP contribution in [0.15, 0.2) is 66.1 Å². The molecule has 5 fully saturated rings. The molecule has 0 saturated carbocycles. The fourth-order valence-corrected chi connectivity index (χ4v) is 20.0. The van der Waals surface area contributed by atoms with Crippen molar-refractivity contribution in [3.8, 4) is 0 Å². The number of nitrogen functional groups attached to an aromatic ring is 5. The Labute approximate surface area is 610 Å². The van der Waals surface area contributed by atoms with Crippen molar-refractivity contribution in [3.63, 3.8) is 0 Å². The minimum absolute atomic E-state index is 0.0189. The summed E-state index contributed by atoms with van der Waals surface area (Å²) in [5.74, 6) is 0.141. The smallest absolute Gasteiger partial charge is 0.383 e. The van der Waals surface area contributed by atoms with Crippen LogP contribution < -0.4 is 66.0 Å². The molecule has 21 N–H and O–H groups in total. The standard InChI is InChI=1S/C49H65N28O17P5S5/c50-20-3-31(74-16-62-36-40(52)56-13-59-43(36)74)90-25(20)9-86-96(81,101)71-23-6-33(75-17-63-37-41(53)57-14-60-44(37)75)93-28(23)12-89-98(83,103)70-22-4-32(73-2-1-30(51)66-49(73)79)92-27(22)10-87-99(84,104)72-24-7-34(76-18-64-38-42(54)58-15-61-45(38)76)94-29(24)11-88-97(82,102)69-21-5-35(91-26(21)8-85-95(80)100)77-19-65-39-46(77)67-48(55)68-47(39)78/h1-2,13-29,31-35H,3-12,50H2,(H19-,51,52,53,54,55,56,57,58,59,60,61,66,67,68,69,70,71,72,78,79,80,81,82,83,84,100,101,102,103,104)/p+1/t20-,21?,22?,23?,24?,25-,26-,27-,28-,29-,31-,32-,33-,34-,35-,96?,97?,98?,99?/m1/s1. The SMILES string of the molecule is Nc1ccn([C@H]2CC(NP(O)(=S)OC[C@H]3O[C@@H](n4cnc5c(N)ncnc54)CC3NP(O)(=S)OC[C@H]3O[C@@H](n4cnc5c(N)ncnc54)C[C@H]3N)[C@@H](COP(O)(=S)NC3C[C@H](n4cnc5c(N)ncnc54)O[C@@H]3COP(O)(=S)NC3C[C@H](n4cnc5c(=O)[nH]c(N)nc54)O[C@@H]3CO[P+](=O)S)O2)c(=O)n1. The lowest BCUT2D eigenvalue weighted by molar-refractivity contribution is -0.0259. The third-order valence-electron chi connectivity index (χ3n) is 17.6. The number of thiol groups is 1. The number of nitrogens with zero attached hydrogens (tertiary/aromatic N) is 17. The highest BCUT2D eigenvalue weighted by Crippen LogP contribution is 2.50. The van der Waals surface area contributed by atoms with Gasteiger partial charge in [-0.2, -0.15) is 9.97 Å². The van der Waals surface area contributed by atoms with E-state index in [4.69, 9.17) is 128 Å². The Morgan fingerprint density at radius 2 is 0.846 bits per heavy atom. The van der Waals surface area contributed by atoms with Crippen molar-refractivity contribution in [1.29, 1.82) is 0 Å². The molecule has 5 saturated heterocycles. The van der Waals surface area contributed by atoms with Crippen LogP contribution in [-0.2, 0) is 98.1 Å². The van der Waals surface area contributed by atoms with Crippen LogP contribution in [0, 0.1) is 0 Å². The maximum absolute atomic E-state index is 13.3. The molecular formula is C49H66N28O17P5S5+. The van der Waals surface area contributed by atoms with Gasteiger partial charge >= 0.3 is 12.9 Å². The molecule has 9 aromatic rings. The maximum atomic E-state index is 13.3. The van der Waals surface area contributed by atoms with E-state index in [9.17, 15) is 33.7 Å². The number of hydrogen-bond donors (Lipinski definition) is 16. The number of nitrogens with two attached hydrogens (primary N) is 6. The molecule has 9 aromatic heterocycles. The predicted molar refractivity (Wildman–Crippen MR) is 385 cm³/mol. The summed E-state index contributed by atoms with van der Waals surface area (Å²) in [5, 5.41) is 12.0. The Morgan fingerprint density at radius 3 is 1.24 bits per heavy atom. The van der Waals surface area contributed by atoms with Gasteiger partial charge < -0.3 is 95.8 Å². The van der Waals surface area contributed by atoms with Gasteiger partial charge in [0.2, 0.25) is 5.95 Å². The monoisotopic (exact) mass is 1630 g/mol. The molecule has 55 heteroatoms. The van der Waals surface area contributed by atoms with Gasteiger partial charge in [-0.15, -0.1) is 4.52 Å². The number of hydrogen-bond acceptors (Lipinski definition) is 35. The topological polar surface area (TPSA) is 624 Å². The molecule has 0 radical (unpaired) electrons. The number of H-pyrrole nitrogens is 1. The Bertz CT molecular complexity index is 5070. The first-order valence-electron chi connectivity index (χ1n) is 31.2. The molecule has 558 valence electrons. The first-order valence-corrected chi connectivity index (χ1v) is 44.2. The molecule has 14 heterocycles. The van der Waals surface area contributed by atoms with Crippen molar-refractivity contribution in [3.05, 3.63) is 77.4 Å². The van der Waals surface area contributed by atoms with E-state index in [1.165, 1.54) is 61.1 Å². The van der Waals surface area contributed by atoms with E-state index in [-0.39, 0.29) is 84.8 Å². The summed E-state index contributed by atoms with van der Waals surface area (Å²) in [5.41, 5.74) is 37.3. The highest BCUT2D eigenvalue weighted by atomic mass is 32.7. The fraction of sp³-hybridized carbons (Fsp3) is 0.510. The molecule has 0 bridgehead atoms. The van der Waals surface area contributed by atoms with Crippen LogP contribution in [0.4, 0.5) is 29.2 Å². The fourth-order valence-electron chi connectivity index (χ4n) is 12.7. The molecule has 104 heavy (non-hydrogen) atoms. The maximum Gasteiger partial charge on any atom is 0.582 e. The summed E-state index contributed by atoms with van der Waals surface area (Å²) < 4.78 is 81.4. The zero-order chi connectivity index (χ0) is 73.3. The summed E-state index contributed by atoms with van der Waals surface area (Å²) in [6, 6.07) is -2.92. The molecule has 5 aliphatic rings. The average molecular weight is 1630 g/mol. The van der Waals surface area contributed by atoms with E-state index in [0.29, 0.717) is 34.4 Å².